The Hall–Kier alpha value is -1.28. The SMILES string of the molecule is O=c1c2cc(I)ccc2ncn1Cc1cccc(F)c1Br. The molecule has 0 saturated carbocycles. The second-order valence-corrected chi connectivity index (χ2v) is 6.59. The third-order valence-corrected chi connectivity index (χ3v) is 4.72. The molecule has 0 aliphatic heterocycles. The second-order valence-electron chi connectivity index (χ2n) is 4.55. The molecule has 21 heavy (non-hydrogen) atoms. The fourth-order valence-electron chi connectivity index (χ4n) is 2.10. The Labute approximate surface area is 142 Å². The third-order valence-electron chi connectivity index (χ3n) is 3.16. The topological polar surface area (TPSA) is 34.9 Å². The lowest BCUT2D eigenvalue weighted by Crippen LogP contribution is -2.21. The van der Waals surface area contributed by atoms with Crippen molar-refractivity contribution in [3.05, 3.63) is 72.5 Å². The number of rotatable bonds is 2. The first-order chi connectivity index (χ1) is 10.1. The van der Waals surface area contributed by atoms with E-state index in [1.807, 2.05) is 18.2 Å². The molecule has 0 bridgehead atoms. The van der Waals surface area contributed by atoms with Crippen molar-refractivity contribution in [1.82, 2.24) is 9.55 Å². The van der Waals surface area contributed by atoms with E-state index in [9.17, 15) is 9.18 Å². The van der Waals surface area contributed by atoms with Gasteiger partial charge in [0.1, 0.15) is 5.82 Å². The molecule has 1 aromatic heterocycles. The predicted octanol–water partition coefficient (Wildman–Crippen LogP) is 3.95. The van der Waals surface area contributed by atoms with Crippen molar-refractivity contribution < 1.29 is 4.39 Å². The van der Waals surface area contributed by atoms with Crippen LogP contribution in [0.2, 0.25) is 0 Å². The molecule has 0 saturated heterocycles. The summed E-state index contributed by atoms with van der Waals surface area (Å²) in [4.78, 5) is 16.8. The van der Waals surface area contributed by atoms with E-state index in [2.05, 4.69) is 43.5 Å². The van der Waals surface area contributed by atoms with Crippen LogP contribution in [-0.4, -0.2) is 9.55 Å². The van der Waals surface area contributed by atoms with Crippen LogP contribution < -0.4 is 5.56 Å². The molecule has 6 heteroatoms. The minimum absolute atomic E-state index is 0.130. The van der Waals surface area contributed by atoms with Crippen molar-refractivity contribution in [2.75, 3.05) is 0 Å². The minimum atomic E-state index is -0.344. The van der Waals surface area contributed by atoms with Crippen molar-refractivity contribution in [2.45, 2.75) is 6.54 Å². The highest BCUT2D eigenvalue weighted by atomic mass is 127. The monoisotopic (exact) mass is 458 g/mol. The van der Waals surface area contributed by atoms with E-state index >= 15 is 0 Å². The summed E-state index contributed by atoms with van der Waals surface area (Å²) in [5.41, 5.74) is 1.23. The molecule has 0 spiro atoms. The van der Waals surface area contributed by atoms with Crippen molar-refractivity contribution in [2.24, 2.45) is 0 Å². The number of fused-ring (bicyclic) bond motifs is 1. The normalized spacial score (nSPS) is 11.0. The van der Waals surface area contributed by atoms with Crippen LogP contribution in [0.5, 0.6) is 0 Å². The average Bonchev–Trinajstić information content (AvgIpc) is 2.47. The van der Waals surface area contributed by atoms with Gasteiger partial charge in [-0.1, -0.05) is 12.1 Å². The zero-order valence-electron chi connectivity index (χ0n) is 10.7. The molecule has 0 amide bonds. The Balaban J connectivity index is 2.11. The van der Waals surface area contributed by atoms with Gasteiger partial charge in [-0.3, -0.25) is 9.36 Å². The molecule has 0 aliphatic carbocycles. The van der Waals surface area contributed by atoms with Gasteiger partial charge in [0.25, 0.3) is 5.56 Å². The summed E-state index contributed by atoms with van der Waals surface area (Å²) >= 11 is 5.37. The van der Waals surface area contributed by atoms with E-state index < -0.39 is 0 Å². The Morgan fingerprint density at radius 2 is 2.10 bits per heavy atom. The molecular formula is C15H9BrFIN2O. The third kappa shape index (κ3) is 2.87. The van der Waals surface area contributed by atoms with Crippen LogP contribution in [0.4, 0.5) is 4.39 Å². The van der Waals surface area contributed by atoms with Gasteiger partial charge in [0.2, 0.25) is 0 Å². The zero-order valence-corrected chi connectivity index (χ0v) is 14.4. The smallest absolute Gasteiger partial charge is 0.261 e. The number of aromatic nitrogens is 2. The molecule has 2 aromatic carbocycles. The van der Waals surface area contributed by atoms with Crippen molar-refractivity contribution in [1.29, 1.82) is 0 Å². The molecule has 0 fully saturated rings. The maximum atomic E-state index is 13.5. The first kappa shape index (κ1) is 14.6. The summed E-state index contributed by atoms with van der Waals surface area (Å²) in [5, 5.41) is 0.567. The zero-order chi connectivity index (χ0) is 15.0. The largest absolute Gasteiger partial charge is 0.294 e. The predicted molar refractivity (Wildman–Crippen MR) is 91.9 cm³/mol. The molecule has 0 aliphatic rings. The van der Waals surface area contributed by atoms with Gasteiger partial charge in [0.15, 0.2) is 0 Å². The summed E-state index contributed by atoms with van der Waals surface area (Å²) in [7, 11) is 0. The summed E-state index contributed by atoms with van der Waals surface area (Å²) in [6.07, 6.45) is 1.49. The van der Waals surface area contributed by atoms with Crippen LogP contribution in [0.1, 0.15) is 5.56 Å². The highest BCUT2D eigenvalue weighted by Crippen LogP contribution is 2.21. The van der Waals surface area contributed by atoms with E-state index in [1.165, 1.54) is 17.0 Å². The van der Waals surface area contributed by atoms with Gasteiger partial charge in [0.05, 0.1) is 28.2 Å². The number of halogens is 3. The first-order valence-electron chi connectivity index (χ1n) is 6.14. The maximum Gasteiger partial charge on any atom is 0.261 e. The second kappa shape index (κ2) is 5.84. The van der Waals surface area contributed by atoms with E-state index in [1.54, 1.807) is 12.1 Å². The fraction of sp³-hybridized carbons (Fsp3) is 0.0667. The molecule has 3 rings (SSSR count). The lowest BCUT2D eigenvalue weighted by atomic mass is 10.2. The van der Waals surface area contributed by atoms with Crippen molar-refractivity contribution in [3.63, 3.8) is 0 Å². The van der Waals surface area contributed by atoms with Crippen LogP contribution in [0.15, 0.2) is 52.0 Å². The molecule has 0 radical (unpaired) electrons. The van der Waals surface area contributed by atoms with Crippen molar-refractivity contribution in [3.8, 4) is 0 Å². The number of nitrogens with zero attached hydrogens (tertiary/aromatic N) is 2. The van der Waals surface area contributed by atoms with Crippen LogP contribution >= 0.6 is 38.5 Å². The Kier molecular flexibility index (Phi) is 4.08. The van der Waals surface area contributed by atoms with Gasteiger partial charge in [-0.2, -0.15) is 0 Å². The van der Waals surface area contributed by atoms with Gasteiger partial charge in [0, 0.05) is 3.57 Å². The molecule has 0 unspecified atom stereocenters. The van der Waals surface area contributed by atoms with Crippen molar-refractivity contribution >= 4 is 49.4 Å². The van der Waals surface area contributed by atoms with Crippen LogP contribution in [0.25, 0.3) is 10.9 Å². The summed E-state index contributed by atoms with van der Waals surface area (Å²) < 4.78 is 16.4. The van der Waals surface area contributed by atoms with E-state index in [4.69, 9.17) is 0 Å². The Morgan fingerprint density at radius 1 is 1.29 bits per heavy atom. The molecule has 1 heterocycles. The summed E-state index contributed by atoms with van der Waals surface area (Å²) in [5.74, 6) is -0.344. The molecule has 0 atom stereocenters. The van der Waals surface area contributed by atoms with Gasteiger partial charge in [-0.25, -0.2) is 9.37 Å². The fourth-order valence-corrected chi connectivity index (χ4v) is 2.98. The van der Waals surface area contributed by atoms with Crippen LogP contribution in [0, 0.1) is 9.39 Å². The van der Waals surface area contributed by atoms with Gasteiger partial charge < -0.3 is 0 Å². The lowest BCUT2D eigenvalue weighted by Gasteiger charge is -2.09. The van der Waals surface area contributed by atoms with Gasteiger partial charge >= 0.3 is 0 Å². The van der Waals surface area contributed by atoms with E-state index in [-0.39, 0.29) is 17.9 Å². The quantitative estimate of drug-likeness (QED) is 0.545. The van der Waals surface area contributed by atoms with E-state index in [0.29, 0.717) is 20.9 Å². The maximum absolute atomic E-state index is 13.5. The molecular weight excluding hydrogens is 450 g/mol. The van der Waals surface area contributed by atoms with Crippen LogP contribution in [0.3, 0.4) is 0 Å². The van der Waals surface area contributed by atoms with Gasteiger partial charge in [-0.15, -0.1) is 0 Å². The molecule has 0 N–H and O–H groups in total. The highest BCUT2D eigenvalue weighted by molar-refractivity contribution is 14.1. The lowest BCUT2D eigenvalue weighted by molar-refractivity contribution is 0.614. The minimum Gasteiger partial charge on any atom is -0.294 e. The van der Waals surface area contributed by atoms with E-state index in [0.717, 1.165) is 3.57 Å². The first-order valence-corrected chi connectivity index (χ1v) is 8.01. The molecule has 3 nitrogen and oxygen atoms in total. The standard InChI is InChI=1S/C15H9BrFIN2O/c16-14-9(2-1-3-12(14)17)7-20-8-19-13-5-4-10(18)6-11(13)15(20)21/h1-6,8H,7H2. The van der Waals surface area contributed by atoms with Crippen LogP contribution in [-0.2, 0) is 6.54 Å². The number of hydrogen-bond donors (Lipinski definition) is 0. The number of hydrogen-bond acceptors (Lipinski definition) is 2. The highest BCUT2D eigenvalue weighted by Gasteiger charge is 2.09. The molecule has 106 valence electrons. The number of benzene rings is 2. The summed E-state index contributed by atoms with van der Waals surface area (Å²) in [6, 6.07) is 10.3. The summed E-state index contributed by atoms with van der Waals surface area (Å²) in [6.45, 7) is 0.269. The Bertz CT molecular complexity index is 894. The Morgan fingerprint density at radius 3 is 2.90 bits per heavy atom. The molecule has 3 aromatic rings. The average molecular weight is 459 g/mol. The van der Waals surface area contributed by atoms with Gasteiger partial charge in [-0.05, 0) is 68.3 Å².